The van der Waals surface area contributed by atoms with Crippen LogP contribution < -0.4 is 0 Å². The number of carbonyl (C=O) groups excluding carboxylic acids is 2. The number of sulfonamides is 1. The van der Waals surface area contributed by atoms with Crippen LogP contribution in [0.5, 0.6) is 0 Å². The van der Waals surface area contributed by atoms with E-state index in [1.807, 2.05) is 38.1 Å². The fourth-order valence-electron chi connectivity index (χ4n) is 6.09. The van der Waals surface area contributed by atoms with Gasteiger partial charge in [-0.2, -0.15) is 16.1 Å². The van der Waals surface area contributed by atoms with Crippen molar-refractivity contribution in [3.63, 3.8) is 0 Å². The molecule has 0 bridgehead atoms. The quantitative estimate of drug-likeness (QED) is 0.283. The molecule has 2 aliphatic heterocycles. The molecule has 246 valence electrons. The van der Waals surface area contributed by atoms with E-state index in [0.717, 1.165) is 26.6 Å². The topological polar surface area (TPSA) is 93.2 Å². The lowest BCUT2D eigenvalue weighted by Crippen LogP contribution is -2.58. The first-order valence-electron chi connectivity index (χ1n) is 15.5. The van der Waals surface area contributed by atoms with Gasteiger partial charge >= 0.3 is 6.09 Å². The Morgan fingerprint density at radius 2 is 1.72 bits per heavy atom. The van der Waals surface area contributed by atoms with Crippen LogP contribution in [-0.4, -0.2) is 71.5 Å². The zero-order valence-electron chi connectivity index (χ0n) is 26.8. The van der Waals surface area contributed by atoms with Gasteiger partial charge in [-0.15, -0.1) is 0 Å². The van der Waals surface area contributed by atoms with Crippen LogP contribution in [0.2, 0.25) is 0 Å². The second-order valence-corrected chi connectivity index (χ2v) is 16.0. The Bertz CT molecular complexity index is 1660. The van der Waals surface area contributed by atoms with E-state index in [4.69, 9.17) is 9.47 Å². The summed E-state index contributed by atoms with van der Waals surface area (Å²) in [5, 5.41) is -0.434. The van der Waals surface area contributed by atoms with Gasteiger partial charge in [0.25, 0.3) is 15.9 Å². The average Bonchev–Trinajstić information content (AvgIpc) is 3.01. The third-order valence-electron chi connectivity index (χ3n) is 8.21. The number of hydrogen-bond acceptors (Lipinski definition) is 7. The molecule has 11 heteroatoms. The highest BCUT2D eigenvalue weighted by Gasteiger charge is 2.48. The zero-order chi connectivity index (χ0) is 33.2. The van der Waals surface area contributed by atoms with Crippen molar-refractivity contribution < 1.29 is 31.9 Å². The molecule has 0 aromatic heterocycles. The van der Waals surface area contributed by atoms with Crippen molar-refractivity contribution >= 4 is 33.8 Å². The number of benzene rings is 3. The molecule has 0 N–H and O–H groups in total. The molecule has 0 radical (unpaired) electrons. The fourth-order valence-corrected chi connectivity index (χ4v) is 8.75. The molecular weight excluding hydrogens is 628 g/mol. The van der Waals surface area contributed by atoms with E-state index < -0.39 is 45.2 Å². The number of carbonyl (C=O) groups is 2. The van der Waals surface area contributed by atoms with Gasteiger partial charge in [-0.05, 0) is 80.8 Å². The van der Waals surface area contributed by atoms with Gasteiger partial charge < -0.3 is 14.4 Å². The molecule has 3 aromatic rings. The summed E-state index contributed by atoms with van der Waals surface area (Å²) in [6, 6.07) is 18.9. The Labute approximate surface area is 275 Å². The largest absolute Gasteiger partial charge is 0.443 e. The molecule has 2 aliphatic rings. The van der Waals surface area contributed by atoms with Gasteiger partial charge in [0.15, 0.2) is 0 Å². The highest BCUT2D eigenvalue weighted by molar-refractivity contribution is 8.00. The molecule has 5 rings (SSSR count). The molecule has 2 heterocycles. The normalized spacial score (nSPS) is 21.7. The molecule has 0 unspecified atom stereocenters. The third-order valence-corrected chi connectivity index (χ3v) is 11.2. The van der Waals surface area contributed by atoms with E-state index in [1.165, 1.54) is 36.0 Å². The van der Waals surface area contributed by atoms with E-state index in [0.29, 0.717) is 18.7 Å². The molecule has 3 aromatic carbocycles. The maximum absolute atomic E-state index is 14.4. The molecule has 2 amide bonds. The second-order valence-electron chi connectivity index (χ2n) is 12.6. The Hall–Kier alpha value is -3.41. The number of amides is 2. The smallest absolute Gasteiger partial charge is 0.424 e. The Morgan fingerprint density at radius 1 is 1.04 bits per heavy atom. The van der Waals surface area contributed by atoms with Gasteiger partial charge in [0, 0.05) is 13.0 Å². The lowest BCUT2D eigenvalue weighted by atomic mass is 9.87. The summed E-state index contributed by atoms with van der Waals surface area (Å²) in [4.78, 5) is 30.0. The van der Waals surface area contributed by atoms with Gasteiger partial charge in [0.1, 0.15) is 17.5 Å². The molecule has 4 atom stereocenters. The molecule has 0 aliphatic carbocycles. The lowest BCUT2D eigenvalue weighted by Gasteiger charge is -2.44. The standard InChI is InChI=1S/C35H41FN2O6S2/c1-6-45-31-22-43-30(21-29(31)38(34(40)44-35(3,4)5)46(41,42)27-17-11-23(2)12-18-27)33(39)37-20-19-24-9-7-8-10-28(24)32(37)25-13-15-26(36)16-14-25/h7-18,29-32H,6,19-22H2,1-5H3/t29-,30+,31-,32-/m0/s1. The summed E-state index contributed by atoms with van der Waals surface area (Å²) in [6.45, 7) is 9.30. The van der Waals surface area contributed by atoms with Crippen molar-refractivity contribution in [1.82, 2.24) is 9.21 Å². The van der Waals surface area contributed by atoms with Gasteiger partial charge in [-0.25, -0.2) is 17.6 Å². The average molecular weight is 669 g/mol. The summed E-state index contributed by atoms with van der Waals surface area (Å²) >= 11 is 1.48. The van der Waals surface area contributed by atoms with Crippen LogP contribution in [-0.2, 0) is 30.7 Å². The summed E-state index contributed by atoms with van der Waals surface area (Å²) in [7, 11) is -4.38. The number of halogens is 1. The van der Waals surface area contributed by atoms with Crippen LogP contribution in [0.25, 0.3) is 0 Å². The number of aryl methyl sites for hydroxylation is 1. The van der Waals surface area contributed by atoms with Crippen molar-refractivity contribution in [3.8, 4) is 0 Å². The van der Waals surface area contributed by atoms with E-state index in [2.05, 4.69) is 0 Å². The van der Waals surface area contributed by atoms with E-state index >= 15 is 0 Å². The molecule has 8 nitrogen and oxygen atoms in total. The third kappa shape index (κ3) is 7.26. The molecule has 1 saturated heterocycles. The predicted molar refractivity (Wildman–Crippen MR) is 177 cm³/mol. The van der Waals surface area contributed by atoms with Crippen molar-refractivity contribution in [2.45, 2.75) is 81.4 Å². The number of fused-ring (bicyclic) bond motifs is 1. The van der Waals surface area contributed by atoms with Gasteiger partial charge in [-0.3, -0.25) is 4.79 Å². The monoisotopic (exact) mass is 668 g/mol. The Morgan fingerprint density at radius 3 is 2.37 bits per heavy atom. The first kappa shape index (κ1) is 33.9. The minimum Gasteiger partial charge on any atom is -0.443 e. The van der Waals surface area contributed by atoms with E-state index in [-0.39, 0.29) is 29.6 Å². The summed E-state index contributed by atoms with van der Waals surface area (Å²) in [5.41, 5.74) is 2.71. The van der Waals surface area contributed by atoms with Crippen LogP contribution in [0, 0.1) is 12.7 Å². The number of thioether (sulfide) groups is 1. The van der Waals surface area contributed by atoms with Crippen molar-refractivity contribution in [3.05, 3.63) is 101 Å². The van der Waals surface area contributed by atoms with Gasteiger partial charge in [0.2, 0.25) is 0 Å². The van der Waals surface area contributed by atoms with Crippen molar-refractivity contribution in [2.75, 3.05) is 18.9 Å². The summed E-state index contributed by atoms with van der Waals surface area (Å²) in [5.74, 6) is -0.0443. The van der Waals surface area contributed by atoms with Crippen LogP contribution in [0.4, 0.5) is 9.18 Å². The van der Waals surface area contributed by atoms with Crippen LogP contribution in [0.1, 0.15) is 62.4 Å². The van der Waals surface area contributed by atoms with Crippen molar-refractivity contribution in [2.24, 2.45) is 0 Å². The molecular formula is C35H41FN2O6S2. The highest BCUT2D eigenvalue weighted by Crippen LogP contribution is 2.39. The summed E-state index contributed by atoms with van der Waals surface area (Å²) < 4.78 is 55.1. The Balaban J connectivity index is 1.53. The highest BCUT2D eigenvalue weighted by atomic mass is 32.2. The fraction of sp³-hybridized carbons (Fsp3) is 0.429. The minimum absolute atomic E-state index is 0.0393. The van der Waals surface area contributed by atoms with Gasteiger partial charge in [-0.1, -0.05) is 61.0 Å². The van der Waals surface area contributed by atoms with Gasteiger partial charge in [0.05, 0.1) is 28.8 Å². The molecule has 1 fully saturated rings. The number of ether oxygens (including phenoxy) is 2. The SMILES string of the molecule is CCS[C@H]1CO[C@@H](C(=O)N2CCc3ccccc3[C@@H]2c2ccc(F)cc2)C[C@@H]1N(C(=O)OC(C)(C)C)S(=O)(=O)c1ccc(C)cc1. The lowest BCUT2D eigenvalue weighted by molar-refractivity contribution is -0.150. The second kappa shape index (κ2) is 13.8. The number of hydrogen-bond donors (Lipinski definition) is 0. The van der Waals surface area contributed by atoms with E-state index in [1.54, 1.807) is 49.9 Å². The van der Waals surface area contributed by atoms with Crippen LogP contribution in [0.15, 0.2) is 77.7 Å². The van der Waals surface area contributed by atoms with E-state index in [9.17, 15) is 22.4 Å². The molecule has 0 saturated carbocycles. The molecule has 0 spiro atoms. The molecule has 46 heavy (non-hydrogen) atoms. The predicted octanol–water partition coefficient (Wildman–Crippen LogP) is 6.51. The summed E-state index contributed by atoms with van der Waals surface area (Å²) in [6.07, 6.45) is -1.44. The maximum atomic E-state index is 14.4. The van der Waals surface area contributed by atoms with Crippen molar-refractivity contribution in [1.29, 1.82) is 0 Å². The zero-order valence-corrected chi connectivity index (χ0v) is 28.4. The van der Waals surface area contributed by atoms with Crippen LogP contribution >= 0.6 is 11.8 Å². The first-order valence-corrected chi connectivity index (χ1v) is 18.0. The van der Waals surface area contributed by atoms with Crippen LogP contribution in [0.3, 0.4) is 0 Å². The number of rotatable bonds is 7. The minimum atomic E-state index is -4.38. The maximum Gasteiger partial charge on any atom is 0.424 e. The number of nitrogens with zero attached hydrogens (tertiary/aromatic N) is 2. The Kier molecular flexibility index (Phi) is 10.1. The first-order chi connectivity index (χ1) is 21.8.